The van der Waals surface area contributed by atoms with Gasteiger partial charge >= 0.3 is 0 Å². The van der Waals surface area contributed by atoms with E-state index in [4.69, 9.17) is 4.74 Å². The van der Waals surface area contributed by atoms with Crippen molar-refractivity contribution in [2.75, 3.05) is 25.3 Å². The Balaban J connectivity index is 0.00000240. The fourth-order valence-corrected chi connectivity index (χ4v) is 4.52. The highest BCUT2D eigenvalue weighted by Gasteiger charge is 2.52. The molecule has 156 valence electrons. The summed E-state index contributed by atoms with van der Waals surface area (Å²) >= 11 is 0. The van der Waals surface area contributed by atoms with Crippen molar-refractivity contribution in [3.63, 3.8) is 0 Å². The van der Waals surface area contributed by atoms with Crippen molar-refractivity contribution in [3.8, 4) is 5.75 Å². The molecule has 0 radical (unpaired) electrons. The Morgan fingerprint density at radius 2 is 1.79 bits per heavy atom. The van der Waals surface area contributed by atoms with Gasteiger partial charge in [0.1, 0.15) is 5.66 Å². The van der Waals surface area contributed by atoms with E-state index in [0.29, 0.717) is 19.7 Å². The lowest BCUT2D eigenvalue weighted by molar-refractivity contribution is 0.0159. The van der Waals surface area contributed by atoms with Crippen LogP contribution < -0.4 is 10.4 Å². The zero-order valence-corrected chi connectivity index (χ0v) is 17.2. The number of aromatic hydroxyl groups is 1. The molecule has 1 aliphatic heterocycles. The number of methoxy groups -OCH3 is 1. The molecule has 0 unspecified atom stereocenters. The first-order chi connectivity index (χ1) is 13.6. The highest BCUT2D eigenvalue weighted by atomic mass is 35.5. The first-order valence-electron chi connectivity index (χ1n) is 9.66. The molecule has 1 spiro atoms. The fraction of sp³-hybridized carbons (Fsp3) is 0.429. The Bertz CT molecular complexity index is 925. The summed E-state index contributed by atoms with van der Waals surface area (Å²) in [4.78, 5) is 27.2. The molecular weight excluding hydrogens is 394 g/mol. The topological polar surface area (TPSA) is 75.0 Å². The van der Waals surface area contributed by atoms with Crippen LogP contribution in [0.2, 0.25) is 0 Å². The number of fused-ring (bicyclic) bond motifs is 1. The number of ether oxygens (including phenoxy) is 1. The summed E-state index contributed by atoms with van der Waals surface area (Å²) in [6.45, 7) is 1.36. The maximum Gasteiger partial charge on any atom is 0.278 e. The van der Waals surface area contributed by atoms with Gasteiger partial charge in [-0.3, -0.25) is 19.3 Å². The quantitative estimate of drug-likeness (QED) is 0.805. The molecule has 2 aliphatic rings. The number of hydrogen-bond acceptors (Lipinski definition) is 5. The number of nitrogens with zero attached hydrogens (tertiary/aromatic N) is 3. The van der Waals surface area contributed by atoms with E-state index in [1.807, 2.05) is 30.3 Å². The monoisotopic (exact) mass is 419 g/mol. The summed E-state index contributed by atoms with van der Waals surface area (Å²) in [5.74, 6) is -0.820. The lowest BCUT2D eigenvalue weighted by atomic mass is 10.0. The second-order valence-corrected chi connectivity index (χ2v) is 7.40. The molecule has 1 amide bonds. The first kappa shape index (κ1) is 21.2. The highest BCUT2D eigenvalue weighted by Crippen LogP contribution is 2.42. The van der Waals surface area contributed by atoms with Crippen molar-refractivity contribution in [2.24, 2.45) is 0 Å². The number of halogens is 1. The zero-order valence-electron chi connectivity index (χ0n) is 16.4. The molecule has 2 aromatic rings. The summed E-state index contributed by atoms with van der Waals surface area (Å²) in [5.41, 5.74) is 0.0734. The Hall–Kier alpha value is -2.51. The molecule has 7 nitrogen and oxygen atoms in total. The molecule has 0 saturated heterocycles. The Labute approximate surface area is 175 Å². The third-order valence-electron chi connectivity index (χ3n) is 5.84. The highest BCUT2D eigenvalue weighted by molar-refractivity contribution is 5.97. The van der Waals surface area contributed by atoms with Crippen LogP contribution in [0.3, 0.4) is 0 Å². The average molecular weight is 420 g/mol. The third-order valence-corrected chi connectivity index (χ3v) is 5.84. The summed E-state index contributed by atoms with van der Waals surface area (Å²) in [5, 5.41) is 12.6. The van der Waals surface area contributed by atoms with Gasteiger partial charge in [0, 0.05) is 25.9 Å². The van der Waals surface area contributed by atoms with Gasteiger partial charge in [0.25, 0.3) is 5.91 Å². The van der Waals surface area contributed by atoms with Gasteiger partial charge in [-0.05, 0) is 31.2 Å². The molecule has 1 aromatic carbocycles. The molecule has 2 heterocycles. The number of carbonyl (C=O) groups is 1. The van der Waals surface area contributed by atoms with E-state index in [9.17, 15) is 14.7 Å². The molecule has 1 aliphatic carbocycles. The summed E-state index contributed by atoms with van der Waals surface area (Å²) < 4.78 is 6.93. The number of carbonyl (C=O) groups excluding carboxylic acids is 1. The molecule has 4 rings (SSSR count). The Kier molecular flexibility index (Phi) is 6.19. The lowest BCUT2D eigenvalue weighted by Gasteiger charge is -2.54. The van der Waals surface area contributed by atoms with Gasteiger partial charge in [0.2, 0.25) is 5.43 Å². The number of pyridine rings is 1. The minimum Gasteiger partial charge on any atom is -0.502 e. The van der Waals surface area contributed by atoms with E-state index < -0.39 is 16.8 Å². The smallest absolute Gasteiger partial charge is 0.278 e. The van der Waals surface area contributed by atoms with Crippen LogP contribution in [-0.4, -0.2) is 46.5 Å². The third kappa shape index (κ3) is 3.49. The molecule has 1 saturated carbocycles. The van der Waals surface area contributed by atoms with Crippen LogP contribution in [0, 0.1) is 0 Å². The largest absolute Gasteiger partial charge is 0.502 e. The molecule has 1 aromatic heterocycles. The Morgan fingerprint density at radius 3 is 2.45 bits per heavy atom. The molecular formula is C21H26ClN3O4. The van der Waals surface area contributed by atoms with Crippen molar-refractivity contribution < 1.29 is 14.6 Å². The van der Waals surface area contributed by atoms with Gasteiger partial charge in [-0.25, -0.2) is 0 Å². The normalized spacial score (nSPS) is 17.3. The van der Waals surface area contributed by atoms with Crippen LogP contribution in [0.15, 0.2) is 47.4 Å². The average Bonchev–Trinajstić information content (AvgIpc) is 3.18. The van der Waals surface area contributed by atoms with Gasteiger partial charge in [-0.1, -0.05) is 30.3 Å². The van der Waals surface area contributed by atoms with Gasteiger partial charge in [0.05, 0.1) is 13.2 Å². The summed E-state index contributed by atoms with van der Waals surface area (Å²) in [6.07, 6.45) is 5.31. The fourth-order valence-electron chi connectivity index (χ4n) is 4.52. The van der Waals surface area contributed by atoms with Crippen LogP contribution in [0.1, 0.15) is 41.7 Å². The minimum atomic E-state index is -0.548. The van der Waals surface area contributed by atoms with Crippen LogP contribution in [0.5, 0.6) is 5.75 Å². The van der Waals surface area contributed by atoms with Crippen LogP contribution in [0.25, 0.3) is 0 Å². The molecule has 1 fully saturated rings. The maximum atomic E-state index is 13.4. The second kappa shape index (κ2) is 8.47. The second-order valence-electron chi connectivity index (χ2n) is 7.40. The zero-order chi connectivity index (χ0) is 19.7. The van der Waals surface area contributed by atoms with Crippen LogP contribution in [-0.2, 0) is 11.3 Å². The summed E-state index contributed by atoms with van der Waals surface area (Å²) in [6, 6.07) is 11.3. The van der Waals surface area contributed by atoms with E-state index in [0.717, 1.165) is 31.2 Å². The Morgan fingerprint density at radius 1 is 1.10 bits per heavy atom. The standard InChI is InChI=1S/C21H25N3O4.ClH/c1-28-14-13-22-20(27)18-19(26)17(25)9-12-23(18)24(21(22)10-5-6-11-21)15-16-7-3-2-4-8-16;/h2-4,7-9,12,26H,5-6,10-11,13-15H2,1H3;1H. The number of aromatic nitrogens is 1. The minimum absolute atomic E-state index is 0. The number of amides is 1. The molecule has 1 N–H and O–H groups in total. The molecule has 8 heteroatoms. The SMILES string of the molecule is COCCN1C(=O)c2c(O)c(=O)ccn2N(Cc2ccccc2)C12CCCC2.Cl. The molecule has 0 bridgehead atoms. The van der Waals surface area contributed by atoms with Gasteiger partial charge in [-0.15, -0.1) is 12.4 Å². The van der Waals surface area contributed by atoms with Gasteiger partial charge in [0.15, 0.2) is 11.4 Å². The van der Waals surface area contributed by atoms with E-state index in [1.165, 1.54) is 6.07 Å². The lowest BCUT2D eigenvalue weighted by Crippen LogP contribution is -2.69. The van der Waals surface area contributed by atoms with E-state index in [1.54, 1.807) is 22.9 Å². The predicted octanol–water partition coefficient (Wildman–Crippen LogP) is 2.49. The van der Waals surface area contributed by atoms with Gasteiger partial charge in [-0.2, -0.15) is 0 Å². The number of rotatable bonds is 5. The van der Waals surface area contributed by atoms with E-state index in [-0.39, 0.29) is 24.0 Å². The van der Waals surface area contributed by atoms with Crippen molar-refractivity contribution in [1.29, 1.82) is 0 Å². The van der Waals surface area contributed by atoms with Crippen molar-refractivity contribution >= 4 is 18.3 Å². The molecule has 0 atom stereocenters. The van der Waals surface area contributed by atoms with Crippen molar-refractivity contribution in [1.82, 2.24) is 9.58 Å². The van der Waals surface area contributed by atoms with E-state index >= 15 is 0 Å². The van der Waals surface area contributed by atoms with E-state index in [2.05, 4.69) is 5.01 Å². The number of hydrogen-bond donors (Lipinski definition) is 1. The van der Waals surface area contributed by atoms with Crippen molar-refractivity contribution in [2.45, 2.75) is 37.9 Å². The van der Waals surface area contributed by atoms with Gasteiger partial charge < -0.3 is 14.7 Å². The first-order valence-corrected chi connectivity index (χ1v) is 9.66. The van der Waals surface area contributed by atoms with Crippen LogP contribution >= 0.6 is 12.4 Å². The summed E-state index contributed by atoms with van der Waals surface area (Å²) in [7, 11) is 1.60. The van der Waals surface area contributed by atoms with Crippen LogP contribution in [0.4, 0.5) is 0 Å². The predicted molar refractivity (Wildman–Crippen MR) is 112 cm³/mol. The molecule has 29 heavy (non-hydrogen) atoms. The van der Waals surface area contributed by atoms with Crippen molar-refractivity contribution in [3.05, 3.63) is 64.1 Å². The maximum absolute atomic E-state index is 13.4. The number of benzene rings is 1.